The molecule has 1 atom stereocenters. The van der Waals surface area contributed by atoms with Crippen LogP contribution in [0.15, 0.2) is 23.1 Å². The zero-order chi connectivity index (χ0) is 13.6. The maximum atomic E-state index is 12.3. The standard InChI is InChI=1S/C15H22O2S/c1-5-15(3,4)13-9-10-18(16,17)14-11(2)7-6-8-12(13)14/h6-8,13H,5,9-10H2,1-4H3. The van der Waals surface area contributed by atoms with Gasteiger partial charge in [-0.05, 0) is 35.8 Å². The van der Waals surface area contributed by atoms with Gasteiger partial charge in [-0.2, -0.15) is 0 Å². The van der Waals surface area contributed by atoms with Crippen LogP contribution in [-0.2, 0) is 9.84 Å². The quantitative estimate of drug-likeness (QED) is 0.818. The topological polar surface area (TPSA) is 34.1 Å². The predicted molar refractivity (Wildman–Crippen MR) is 74.7 cm³/mol. The number of hydrogen-bond donors (Lipinski definition) is 0. The van der Waals surface area contributed by atoms with Gasteiger partial charge in [0, 0.05) is 0 Å². The van der Waals surface area contributed by atoms with Gasteiger partial charge in [0.15, 0.2) is 9.84 Å². The van der Waals surface area contributed by atoms with Crippen LogP contribution >= 0.6 is 0 Å². The molecule has 2 rings (SSSR count). The number of sulfone groups is 1. The van der Waals surface area contributed by atoms with Gasteiger partial charge < -0.3 is 0 Å². The van der Waals surface area contributed by atoms with Crippen molar-refractivity contribution in [3.63, 3.8) is 0 Å². The highest BCUT2D eigenvalue weighted by atomic mass is 32.2. The van der Waals surface area contributed by atoms with Gasteiger partial charge in [0.1, 0.15) is 0 Å². The lowest BCUT2D eigenvalue weighted by Gasteiger charge is -2.38. The van der Waals surface area contributed by atoms with Gasteiger partial charge in [-0.1, -0.05) is 45.4 Å². The monoisotopic (exact) mass is 266 g/mol. The third-order valence-electron chi connectivity index (χ3n) is 4.46. The van der Waals surface area contributed by atoms with Gasteiger partial charge in [-0.15, -0.1) is 0 Å². The molecular formula is C15H22O2S. The summed E-state index contributed by atoms with van der Waals surface area (Å²) < 4.78 is 24.5. The summed E-state index contributed by atoms with van der Waals surface area (Å²) in [4.78, 5) is 0.600. The molecule has 1 unspecified atom stereocenters. The van der Waals surface area contributed by atoms with Gasteiger partial charge in [-0.3, -0.25) is 0 Å². The van der Waals surface area contributed by atoms with Crippen molar-refractivity contribution in [2.24, 2.45) is 5.41 Å². The first kappa shape index (κ1) is 13.6. The molecule has 1 aromatic carbocycles. The summed E-state index contributed by atoms with van der Waals surface area (Å²) in [6.45, 7) is 8.56. The minimum atomic E-state index is -3.07. The smallest absolute Gasteiger partial charge is 0.178 e. The summed E-state index contributed by atoms with van der Waals surface area (Å²) in [7, 11) is -3.07. The van der Waals surface area contributed by atoms with Crippen LogP contribution in [0.3, 0.4) is 0 Å². The zero-order valence-electron chi connectivity index (χ0n) is 11.7. The molecule has 1 heterocycles. The van der Waals surface area contributed by atoms with Crippen LogP contribution in [0.2, 0.25) is 0 Å². The van der Waals surface area contributed by atoms with Gasteiger partial charge in [0.05, 0.1) is 10.6 Å². The summed E-state index contributed by atoms with van der Waals surface area (Å²) in [6, 6.07) is 5.88. The van der Waals surface area contributed by atoms with Gasteiger partial charge in [0.25, 0.3) is 0 Å². The average Bonchev–Trinajstić information content (AvgIpc) is 2.28. The van der Waals surface area contributed by atoms with Crippen LogP contribution in [0.4, 0.5) is 0 Å². The van der Waals surface area contributed by atoms with E-state index >= 15 is 0 Å². The highest BCUT2D eigenvalue weighted by Crippen LogP contribution is 2.46. The molecule has 0 radical (unpaired) electrons. The van der Waals surface area contributed by atoms with Crippen molar-refractivity contribution < 1.29 is 8.42 Å². The molecule has 18 heavy (non-hydrogen) atoms. The Bertz CT molecular complexity index is 556. The van der Waals surface area contributed by atoms with Crippen LogP contribution in [0.1, 0.15) is 50.7 Å². The Balaban J connectivity index is 2.65. The molecule has 0 aromatic heterocycles. The molecular weight excluding hydrogens is 244 g/mol. The lowest BCUT2D eigenvalue weighted by atomic mass is 9.71. The van der Waals surface area contributed by atoms with Gasteiger partial charge in [-0.25, -0.2) is 8.42 Å². The molecule has 0 N–H and O–H groups in total. The van der Waals surface area contributed by atoms with E-state index in [1.165, 1.54) is 0 Å². The number of aryl methyl sites for hydroxylation is 1. The second-order valence-corrected chi connectivity index (χ2v) is 8.04. The second kappa shape index (κ2) is 4.37. The van der Waals surface area contributed by atoms with E-state index in [0.29, 0.717) is 16.6 Å². The van der Waals surface area contributed by atoms with E-state index in [2.05, 4.69) is 20.8 Å². The van der Waals surface area contributed by atoms with E-state index in [1.807, 2.05) is 25.1 Å². The molecule has 2 nitrogen and oxygen atoms in total. The van der Waals surface area contributed by atoms with Gasteiger partial charge >= 0.3 is 0 Å². The molecule has 1 aliphatic heterocycles. The van der Waals surface area contributed by atoms with Crippen LogP contribution in [-0.4, -0.2) is 14.2 Å². The van der Waals surface area contributed by atoms with E-state index in [1.54, 1.807) is 0 Å². The molecule has 1 aliphatic rings. The van der Waals surface area contributed by atoms with Crippen LogP contribution < -0.4 is 0 Å². The highest BCUT2D eigenvalue weighted by molar-refractivity contribution is 7.91. The molecule has 3 heteroatoms. The highest BCUT2D eigenvalue weighted by Gasteiger charge is 2.38. The van der Waals surface area contributed by atoms with Crippen LogP contribution in [0.25, 0.3) is 0 Å². The van der Waals surface area contributed by atoms with Crippen molar-refractivity contribution in [1.82, 2.24) is 0 Å². The SMILES string of the molecule is CCC(C)(C)C1CCS(=O)(=O)c2c(C)cccc21. The summed E-state index contributed by atoms with van der Waals surface area (Å²) >= 11 is 0. The molecule has 0 aliphatic carbocycles. The molecule has 100 valence electrons. The van der Waals surface area contributed by atoms with Gasteiger partial charge in [0.2, 0.25) is 0 Å². The maximum absolute atomic E-state index is 12.3. The lowest BCUT2D eigenvalue weighted by molar-refractivity contribution is 0.261. The minimum Gasteiger partial charge on any atom is -0.224 e. The maximum Gasteiger partial charge on any atom is 0.178 e. The third-order valence-corrected chi connectivity index (χ3v) is 6.41. The first-order valence-electron chi connectivity index (χ1n) is 6.62. The normalized spacial score (nSPS) is 22.6. The van der Waals surface area contributed by atoms with Crippen molar-refractivity contribution in [3.05, 3.63) is 29.3 Å². The summed E-state index contributed by atoms with van der Waals surface area (Å²) in [5.41, 5.74) is 2.08. The van der Waals surface area contributed by atoms with Crippen molar-refractivity contribution in [2.45, 2.75) is 51.3 Å². The zero-order valence-corrected chi connectivity index (χ0v) is 12.5. The Morgan fingerprint density at radius 1 is 1.33 bits per heavy atom. The molecule has 0 amide bonds. The molecule has 0 saturated heterocycles. The number of hydrogen-bond acceptors (Lipinski definition) is 2. The lowest BCUT2D eigenvalue weighted by Crippen LogP contribution is -2.30. The van der Waals surface area contributed by atoms with Crippen molar-refractivity contribution in [3.8, 4) is 0 Å². The second-order valence-electron chi connectivity index (χ2n) is 6.00. The fraction of sp³-hybridized carbons (Fsp3) is 0.600. The first-order chi connectivity index (χ1) is 8.29. The van der Waals surface area contributed by atoms with E-state index in [9.17, 15) is 8.42 Å². The Labute approximate surface area is 110 Å². The Hall–Kier alpha value is -0.830. The minimum absolute atomic E-state index is 0.151. The van der Waals surface area contributed by atoms with Crippen molar-refractivity contribution in [2.75, 3.05) is 5.75 Å². The van der Waals surface area contributed by atoms with Crippen LogP contribution in [0.5, 0.6) is 0 Å². The number of fused-ring (bicyclic) bond motifs is 1. The van der Waals surface area contributed by atoms with Crippen molar-refractivity contribution >= 4 is 9.84 Å². The summed E-state index contributed by atoms with van der Waals surface area (Å²) in [5, 5.41) is 0. The largest absolute Gasteiger partial charge is 0.224 e. The Kier molecular flexibility index (Phi) is 3.30. The third kappa shape index (κ3) is 2.09. The predicted octanol–water partition coefficient (Wildman–Crippen LogP) is 3.69. The van der Waals surface area contributed by atoms with E-state index in [-0.39, 0.29) is 5.41 Å². The molecule has 0 spiro atoms. The molecule has 0 bridgehead atoms. The Morgan fingerprint density at radius 2 is 2.00 bits per heavy atom. The first-order valence-corrected chi connectivity index (χ1v) is 8.27. The van der Waals surface area contributed by atoms with E-state index in [0.717, 1.165) is 24.0 Å². The molecule has 0 saturated carbocycles. The molecule has 0 fully saturated rings. The molecule has 1 aromatic rings. The van der Waals surface area contributed by atoms with E-state index < -0.39 is 9.84 Å². The average molecular weight is 266 g/mol. The summed E-state index contributed by atoms with van der Waals surface area (Å²) in [6.07, 6.45) is 1.81. The fourth-order valence-corrected chi connectivity index (χ4v) is 4.84. The van der Waals surface area contributed by atoms with Crippen molar-refractivity contribution in [1.29, 1.82) is 0 Å². The Morgan fingerprint density at radius 3 is 2.61 bits per heavy atom. The number of benzene rings is 1. The number of rotatable bonds is 2. The van der Waals surface area contributed by atoms with Crippen LogP contribution in [0, 0.1) is 12.3 Å². The summed E-state index contributed by atoms with van der Waals surface area (Å²) in [5.74, 6) is 0.639. The van der Waals surface area contributed by atoms with E-state index in [4.69, 9.17) is 0 Å². The fourth-order valence-electron chi connectivity index (χ4n) is 2.96.